The second kappa shape index (κ2) is 2.13. The van der Waals surface area contributed by atoms with Crippen molar-refractivity contribution >= 4 is 6.29 Å². The number of carbonyl (C=O) groups excluding carboxylic acids is 1. The van der Waals surface area contributed by atoms with E-state index >= 15 is 0 Å². The summed E-state index contributed by atoms with van der Waals surface area (Å²) in [7, 11) is 0. The molecule has 1 aliphatic carbocycles. The highest BCUT2D eigenvalue weighted by Gasteiger charge is 2.39. The Hall–Kier alpha value is -0.330. The maximum absolute atomic E-state index is 10.5. The lowest BCUT2D eigenvalue weighted by molar-refractivity contribution is -0.123. The number of hydrogen-bond acceptors (Lipinski definition) is 1. The van der Waals surface area contributed by atoms with Crippen molar-refractivity contribution in [2.24, 2.45) is 11.3 Å². The average Bonchev–Trinajstić information content (AvgIpc) is 1.81. The molecule has 1 rings (SSSR count). The highest BCUT2D eigenvalue weighted by Crippen LogP contribution is 2.45. The van der Waals surface area contributed by atoms with E-state index in [4.69, 9.17) is 0 Å². The van der Waals surface area contributed by atoms with Gasteiger partial charge in [-0.3, -0.25) is 0 Å². The summed E-state index contributed by atoms with van der Waals surface area (Å²) < 4.78 is 0. The molecule has 1 aliphatic rings. The summed E-state index contributed by atoms with van der Waals surface area (Å²) in [6, 6.07) is 0. The Morgan fingerprint density at radius 1 is 1.67 bits per heavy atom. The summed E-state index contributed by atoms with van der Waals surface area (Å²) in [6.45, 7) is 4.30. The van der Waals surface area contributed by atoms with Crippen LogP contribution in [0.4, 0.5) is 0 Å². The normalized spacial score (nSPS) is 41.8. The Morgan fingerprint density at radius 3 is 2.33 bits per heavy atom. The minimum Gasteiger partial charge on any atom is -0.303 e. The highest BCUT2D eigenvalue weighted by atomic mass is 16.1. The van der Waals surface area contributed by atoms with Crippen LogP contribution >= 0.6 is 0 Å². The molecular formula is C8H14O. The minimum absolute atomic E-state index is 0.0966. The van der Waals surface area contributed by atoms with Crippen molar-refractivity contribution in [1.82, 2.24) is 0 Å². The van der Waals surface area contributed by atoms with E-state index in [9.17, 15) is 4.79 Å². The Balaban J connectivity index is 2.45. The van der Waals surface area contributed by atoms with Crippen molar-refractivity contribution in [2.45, 2.75) is 33.1 Å². The topological polar surface area (TPSA) is 17.1 Å². The van der Waals surface area contributed by atoms with Gasteiger partial charge in [0.25, 0.3) is 0 Å². The fourth-order valence-corrected chi connectivity index (χ4v) is 1.80. The van der Waals surface area contributed by atoms with E-state index in [1.807, 2.05) is 0 Å². The third-order valence-electron chi connectivity index (χ3n) is 2.46. The van der Waals surface area contributed by atoms with Gasteiger partial charge in [0.2, 0.25) is 0 Å². The van der Waals surface area contributed by atoms with Crippen molar-refractivity contribution < 1.29 is 4.79 Å². The lowest BCUT2D eigenvalue weighted by Crippen LogP contribution is -2.36. The van der Waals surface area contributed by atoms with Gasteiger partial charge in [-0.15, -0.1) is 0 Å². The number of rotatable bonds is 2. The Bertz CT molecular complexity index is 112. The lowest BCUT2D eigenvalue weighted by Gasteiger charge is -2.41. The van der Waals surface area contributed by atoms with Crippen LogP contribution in [0.15, 0.2) is 0 Å². The van der Waals surface area contributed by atoms with E-state index in [0.717, 1.165) is 31.5 Å². The molecule has 0 aromatic rings. The predicted octanol–water partition coefficient (Wildman–Crippen LogP) is 2.01. The van der Waals surface area contributed by atoms with E-state index in [2.05, 4.69) is 13.8 Å². The van der Waals surface area contributed by atoms with Gasteiger partial charge >= 0.3 is 0 Å². The van der Waals surface area contributed by atoms with Crippen LogP contribution in [0.2, 0.25) is 0 Å². The third-order valence-corrected chi connectivity index (χ3v) is 2.46. The molecule has 1 heteroatoms. The van der Waals surface area contributed by atoms with Crippen LogP contribution in [0.1, 0.15) is 33.1 Å². The average molecular weight is 126 g/mol. The van der Waals surface area contributed by atoms with Gasteiger partial charge in [0.15, 0.2) is 0 Å². The fourth-order valence-electron chi connectivity index (χ4n) is 1.80. The second-order valence-electron chi connectivity index (χ2n) is 3.35. The molecule has 0 unspecified atom stereocenters. The molecule has 0 saturated heterocycles. The Labute approximate surface area is 56.4 Å². The van der Waals surface area contributed by atoms with E-state index in [1.54, 1.807) is 0 Å². The van der Waals surface area contributed by atoms with Crippen LogP contribution in [-0.4, -0.2) is 6.29 Å². The van der Waals surface area contributed by atoms with Crippen molar-refractivity contribution in [3.8, 4) is 0 Å². The van der Waals surface area contributed by atoms with Crippen molar-refractivity contribution in [2.75, 3.05) is 0 Å². The summed E-state index contributed by atoms with van der Waals surface area (Å²) in [5, 5.41) is 0. The van der Waals surface area contributed by atoms with Gasteiger partial charge in [-0.05, 0) is 25.2 Å². The van der Waals surface area contributed by atoms with E-state index in [1.165, 1.54) is 0 Å². The molecular weight excluding hydrogens is 112 g/mol. The first-order valence-electron chi connectivity index (χ1n) is 3.69. The smallest absolute Gasteiger partial charge is 0.126 e. The first kappa shape index (κ1) is 6.79. The SMILES string of the molecule is CCC1(C=O)CC(C)C1. The number of aldehydes is 1. The van der Waals surface area contributed by atoms with Crippen molar-refractivity contribution in [1.29, 1.82) is 0 Å². The van der Waals surface area contributed by atoms with Crippen molar-refractivity contribution in [3.05, 3.63) is 0 Å². The molecule has 9 heavy (non-hydrogen) atoms. The molecule has 0 amide bonds. The monoisotopic (exact) mass is 126 g/mol. The largest absolute Gasteiger partial charge is 0.303 e. The summed E-state index contributed by atoms with van der Waals surface area (Å²) >= 11 is 0. The van der Waals surface area contributed by atoms with E-state index in [0.29, 0.717) is 0 Å². The van der Waals surface area contributed by atoms with Gasteiger partial charge < -0.3 is 4.79 Å². The van der Waals surface area contributed by atoms with Crippen molar-refractivity contribution in [3.63, 3.8) is 0 Å². The fraction of sp³-hybridized carbons (Fsp3) is 0.875. The maximum atomic E-state index is 10.5. The summed E-state index contributed by atoms with van der Waals surface area (Å²) in [4.78, 5) is 10.5. The van der Waals surface area contributed by atoms with Gasteiger partial charge in [-0.25, -0.2) is 0 Å². The molecule has 0 radical (unpaired) electrons. The van der Waals surface area contributed by atoms with Crippen LogP contribution in [-0.2, 0) is 4.79 Å². The van der Waals surface area contributed by atoms with Gasteiger partial charge in [0, 0.05) is 5.41 Å². The highest BCUT2D eigenvalue weighted by molar-refractivity contribution is 5.60. The summed E-state index contributed by atoms with van der Waals surface area (Å²) in [5.74, 6) is 0.787. The lowest BCUT2D eigenvalue weighted by atomic mass is 9.62. The molecule has 1 saturated carbocycles. The summed E-state index contributed by atoms with van der Waals surface area (Å²) in [5.41, 5.74) is 0.0966. The summed E-state index contributed by atoms with van der Waals surface area (Å²) in [6.07, 6.45) is 4.41. The second-order valence-corrected chi connectivity index (χ2v) is 3.35. The first-order chi connectivity index (χ1) is 4.22. The van der Waals surface area contributed by atoms with E-state index < -0.39 is 0 Å². The van der Waals surface area contributed by atoms with Crippen LogP contribution in [0.3, 0.4) is 0 Å². The van der Waals surface area contributed by atoms with Gasteiger partial charge in [0.05, 0.1) is 0 Å². The van der Waals surface area contributed by atoms with Gasteiger partial charge in [0.1, 0.15) is 6.29 Å². The molecule has 0 aromatic heterocycles. The molecule has 0 bridgehead atoms. The molecule has 0 heterocycles. The predicted molar refractivity (Wildman–Crippen MR) is 37.2 cm³/mol. The number of hydrogen-bond donors (Lipinski definition) is 0. The number of carbonyl (C=O) groups is 1. The molecule has 1 fully saturated rings. The molecule has 0 spiro atoms. The van der Waals surface area contributed by atoms with Crippen LogP contribution in [0.5, 0.6) is 0 Å². The molecule has 1 nitrogen and oxygen atoms in total. The van der Waals surface area contributed by atoms with Crippen LogP contribution in [0, 0.1) is 11.3 Å². The molecule has 52 valence electrons. The third kappa shape index (κ3) is 1.00. The Morgan fingerprint density at radius 2 is 2.22 bits per heavy atom. The molecule has 0 aliphatic heterocycles. The zero-order valence-electron chi connectivity index (χ0n) is 6.18. The zero-order chi connectivity index (χ0) is 6.91. The molecule has 0 aromatic carbocycles. The van der Waals surface area contributed by atoms with Gasteiger partial charge in [-0.1, -0.05) is 13.8 Å². The minimum atomic E-state index is 0.0966. The molecule has 0 atom stereocenters. The zero-order valence-corrected chi connectivity index (χ0v) is 6.18. The standard InChI is InChI=1S/C8H14O/c1-3-8(6-9)4-7(2)5-8/h6-7H,3-5H2,1-2H3. The van der Waals surface area contributed by atoms with Crippen LogP contribution in [0.25, 0.3) is 0 Å². The van der Waals surface area contributed by atoms with Crippen LogP contribution < -0.4 is 0 Å². The maximum Gasteiger partial charge on any atom is 0.126 e. The quantitative estimate of drug-likeness (QED) is 0.517. The molecule has 0 N–H and O–H groups in total. The van der Waals surface area contributed by atoms with Gasteiger partial charge in [-0.2, -0.15) is 0 Å². The van der Waals surface area contributed by atoms with E-state index in [-0.39, 0.29) is 5.41 Å². The Kier molecular flexibility index (Phi) is 1.60. The first-order valence-corrected chi connectivity index (χ1v) is 3.69.